The molecule has 1 unspecified atom stereocenters. The summed E-state index contributed by atoms with van der Waals surface area (Å²) in [6.07, 6.45) is 6.46. The van der Waals surface area contributed by atoms with Crippen LogP contribution in [0.3, 0.4) is 0 Å². The number of nitrogens with one attached hydrogen (secondary N) is 1. The average molecular weight is 172 g/mol. The third-order valence-electron chi connectivity index (χ3n) is 1.98. The molecule has 74 valence electrons. The van der Waals surface area contributed by atoms with Crippen LogP contribution in [0.15, 0.2) is 0 Å². The first-order valence-electron chi connectivity index (χ1n) is 5.23. The average Bonchev–Trinajstić information content (AvgIpc) is 2.02. The summed E-state index contributed by atoms with van der Waals surface area (Å²) in [4.78, 5) is 0. The Morgan fingerprint density at radius 2 is 1.92 bits per heavy atom. The fraction of sp³-hybridized carbons (Fsp3) is 1.00. The van der Waals surface area contributed by atoms with Crippen LogP contribution in [0.4, 0.5) is 0 Å². The van der Waals surface area contributed by atoms with E-state index in [9.17, 15) is 0 Å². The van der Waals surface area contributed by atoms with Crippen LogP contribution in [0.2, 0.25) is 0 Å². The second-order valence-corrected chi connectivity index (χ2v) is 3.58. The Hall–Kier alpha value is -0.0800. The van der Waals surface area contributed by atoms with Gasteiger partial charge in [-0.3, -0.25) is 0 Å². The molecule has 0 bridgehead atoms. The van der Waals surface area contributed by atoms with Crippen molar-refractivity contribution in [2.75, 3.05) is 13.1 Å². The SMILES string of the molecule is CCCCCCNCCC(C)N. The fourth-order valence-corrected chi connectivity index (χ4v) is 1.13. The van der Waals surface area contributed by atoms with E-state index in [2.05, 4.69) is 19.2 Å². The van der Waals surface area contributed by atoms with Gasteiger partial charge in [-0.25, -0.2) is 0 Å². The minimum Gasteiger partial charge on any atom is -0.328 e. The molecule has 0 aliphatic rings. The second-order valence-electron chi connectivity index (χ2n) is 3.58. The zero-order valence-corrected chi connectivity index (χ0v) is 8.60. The molecule has 0 aliphatic carbocycles. The van der Waals surface area contributed by atoms with E-state index in [1.807, 2.05) is 0 Å². The smallest absolute Gasteiger partial charge is 0.00225 e. The predicted molar refractivity (Wildman–Crippen MR) is 55.3 cm³/mol. The molecular weight excluding hydrogens is 148 g/mol. The van der Waals surface area contributed by atoms with Crippen LogP contribution in [0.5, 0.6) is 0 Å². The molecule has 0 radical (unpaired) electrons. The summed E-state index contributed by atoms with van der Waals surface area (Å²) >= 11 is 0. The first-order chi connectivity index (χ1) is 5.77. The number of rotatable bonds is 8. The molecule has 2 heteroatoms. The maximum atomic E-state index is 5.61. The van der Waals surface area contributed by atoms with Crippen molar-refractivity contribution >= 4 is 0 Å². The zero-order chi connectivity index (χ0) is 9.23. The Kier molecular flexibility index (Phi) is 8.95. The van der Waals surface area contributed by atoms with Gasteiger partial charge in [0.15, 0.2) is 0 Å². The minimum atomic E-state index is 0.341. The fourth-order valence-electron chi connectivity index (χ4n) is 1.13. The van der Waals surface area contributed by atoms with E-state index in [1.54, 1.807) is 0 Å². The van der Waals surface area contributed by atoms with E-state index in [0.717, 1.165) is 19.5 Å². The van der Waals surface area contributed by atoms with Crippen molar-refractivity contribution in [2.24, 2.45) is 5.73 Å². The third-order valence-corrected chi connectivity index (χ3v) is 1.98. The first kappa shape index (κ1) is 11.9. The molecule has 0 aromatic rings. The van der Waals surface area contributed by atoms with Crippen molar-refractivity contribution in [1.29, 1.82) is 0 Å². The number of nitrogens with two attached hydrogens (primary N) is 1. The molecule has 0 heterocycles. The topological polar surface area (TPSA) is 38.0 Å². The van der Waals surface area contributed by atoms with Gasteiger partial charge in [-0.1, -0.05) is 26.2 Å². The van der Waals surface area contributed by atoms with Gasteiger partial charge in [0.2, 0.25) is 0 Å². The van der Waals surface area contributed by atoms with Crippen molar-refractivity contribution in [1.82, 2.24) is 5.32 Å². The monoisotopic (exact) mass is 172 g/mol. The van der Waals surface area contributed by atoms with Gasteiger partial charge >= 0.3 is 0 Å². The quantitative estimate of drug-likeness (QED) is 0.549. The summed E-state index contributed by atoms with van der Waals surface area (Å²) in [5.41, 5.74) is 5.61. The number of hydrogen-bond donors (Lipinski definition) is 2. The van der Waals surface area contributed by atoms with E-state index in [-0.39, 0.29) is 0 Å². The molecule has 12 heavy (non-hydrogen) atoms. The minimum absolute atomic E-state index is 0.341. The van der Waals surface area contributed by atoms with Crippen molar-refractivity contribution in [3.8, 4) is 0 Å². The largest absolute Gasteiger partial charge is 0.328 e. The van der Waals surface area contributed by atoms with Gasteiger partial charge in [0, 0.05) is 6.04 Å². The summed E-state index contributed by atoms with van der Waals surface area (Å²) < 4.78 is 0. The molecule has 1 atom stereocenters. The van der Waals surface area contributed by atoms with Gasteiger partial charge in [0.1, 0.15) is 0 Å². The van der Waals surface area contributed by atoms with Gasteiger partial charge in [0.05, 0.1) is 0 Å². The highest BCUT2D eigenvalue weighted by Crippen LogP contribution is 1.96. The van der Waals surface area contributed by atoms with Crippen molar-refractivity contribution < 1.29 is 0 Å². The van der Waals surface area contributed by atoms with Gasteiger partial charge in [-0.2, -0.15) is 0 Å². The summed E-state index contributed by atoms with van der Waals surface area (Å²) in [5.74, 6) is 0. The Labute approximate surface area is 76.9 Å². The van der Waals surface area contributed by atoms with E-state index in [1.165, 1.54) is 25.7 Å². The summed E-state index contributed by atoms with van der Waals surface area (Å²) in [6, 6.07) is 0.341. The first-order valence-corrected chi connectivity index (χ1v) is 5.23. The van der Waals surface area contributed by atoms with Crippen molar-refractivity contribution in [3.63, 3.8) is 0 Å². The maximum absolute atomic E-state index is 5.61. The Balaban J connectivity index is 2.82. The highest BCUT2D eigenvalue weighted by Gasteiger charge is 1.92. The van der Waals surface area contributed by atoms with Gasteiger partial charge in [0.25, 0.3) is 0 Å². The van der Waals surface area contributed by atoms with Crippen molar-refractivity contribution in [3.05, 3.63) is 0 Å². The maximum Gasteiger partial charge on any atom is 0.00225 e. The lowest BCUT2D eigenvalue weighted by Gasteiger charge is -2.06. The molecular formula is C10H24N2. The van der Waals surface area contributed by atoms with Crippen LogP contribution >= 0.6 is 0 Å². The van der Waals surface area contributed by atoms with E-state index >= 15 is 0 Å². The molecule has 0 aliphatic heterocycles. The molecule has 2 nitrogen and oxygen atoms in total. The lowest BCUT2D eigenvalue weighted by molar-refractivity contribution is 0.558. The summed E-state index contributed by atoms with van der Waals surface area (Å²) in [5, 5.41) is 3.40. The van der Waals surface area contributed by atoms with Crippen LogP contribution in [-0.2, 0) is 0 Å². The standard InChI is InChI=1S/C10H24N2/c1-3-4-5-6-8-12-9-7-10(2)11/h10,12H,3-9,11H2,1-2H3. The van der Waals surface area contributed by atoms with Gasteiger partial charge in [-0.05, 0) is 32.9 Å². The third kappa shape index (κ3) is 9.92. The molecule has 3 N–H and O–H groups in total. The van der Waals surface area contributed by atoms with E-state index in [4.69, 9.17) is 5.73 Å². The van der Waals surface area contributed by atoms with Crippen LogP contribution in [0, 0.1) is 0 Å². The van der Waals surface area contributed by atoms with Crippen LogP contribution in [0.1, 0.15) is 46.0 Å². The molecule has 0 fully saturated rings. The number of hydrogen-bond acceptors (Lipinski definition) is 2. The molecule has 0 saturated heterocycles. The summed E-state index contributed by atoms with van der Waals surface area (Å²) in [6.45, 7) is 6.53. The molecule has 0 spiro atoms. The van der Waals surface area contributed by atoms with E-state index in [0.29, 0.717) is 6.04 Å². The van der Waals surface area contributed by atoms with Gasteiger partial charge in [-0.15, -0.1) is 0 Å². The highest BCUT2D eigenvalue weighted by molar-refractivity contribution is 4.56. The number of unbranched alkanes of at least 4 members (excludes halogenated alkanes) is 3. The van der Waals surface area contributed by atoms with Crippen LogP contribution in [0.25, 0.3) is 0 Å². The van der Waals surface area contributed by atoms with Crippen molar-refractivity contribution in [2.45, 2.75) is 52.0 Å². The van der Waals surface area contributed by atoms with Crippen LogP contribution in [-0.4, -0.2) is 19.1 Å². The highest BCUT2D eigenvalue weighted by atomic mass is 14.8. The predicted octanol–water partition coefficient (Wildman–Crippen LogP) is 1.89. The van der Waals surface area contributed by atoms with Gasteiger partial charge < -0.3 is 11.1 Å². The normalized spacial score (nSPS) is 13.2. The Morgan fingerprint density at radius 3 is 2.50 bits per heavy atom. The molecule has 0 saturated carbocycles. The van der Waals surface area contributed by atoms with E-state index < -0.39 is 0 Å². The Bertz CT molecular complexity index is 81.9. The lowest BCUT2D eigenvalue weighted by Crippen LogP contribution is -2.24. The molecule has 0 amide bonds. The molecule has 0 aromatic carbocycles. The molecule has 0 rings (SSSR count). The molecule has 0 aromatic heterocycles. The van der Waals surface area contributed by atoms with Crippen LogP contribution < -0.4 is 11.1 Å². The summed E-state index contributed by atoms with van der Waals surface area (Å²) in [7, 11) is 0. The lowest BCUT2D eigenvalue weighted by atomic mass is 10.2. The second kappa shape index (κ2) is 9.01. The Morgan fingerprint density at radius 1 is 1.17 bits per heavy atom. The zero-order valence-electron chi connectivity index (χ0n) is 8.60.